The number of carbonyl (C=O) groups excluding carboxylic acids is 1. The molecule has 0 atom stereocenters. The molecular weight excluding hydrogens is 468 g/mol. The smallest absolute Gasteiger partial charge is 0.283 e. The van der Waals surface area contributed by atoms with Crippen LogP contribution in [0, 0.1) is 5.41 Å². The zero-order chi connectivity index (χ0) is 23.5. The van der Waals surface area contributed by atoms with Crippen LogP contribution in [-0.2, 0) is 11.3 Å². The minimum atomic E-state index is -0.398. The molecule has 0 unspecified atom stereocenters. The van der Waals surface area contributed by atoms with Gasteiger partial charge in [0.15, 0.2) is 5.17 Å². The summed E-state index contributed by atoms with van der Waals surface area (Å²) in [6.45, 7) is 1.26. The first kappa shape index (κ1) is 22.3. The van der Waals surface area contributed by atoms with E-state index < -0.39 is 5.91 Å². The second kappa shape index (κ2) is 9.75. The number of aliphatic imine (C=N–C) groups is 1. The van der Waals surface area contributed by atoms with Gasteiger partial charge >= 0.3 is 0 Å². The average molecular weight is 489 g/mol. The van der Waals surface area contributed by atoms with Gasteiger partial charge in [-0.2, -0.15) is 4.99 Å². The second-order valence-electron chi connectivity index (χ2n) is 7.71. The van der Waals surface area contributed by atoms with Gasteiger partial charge in [-0.15, -0.1) is 0 Å². The van der Waals surface area contributed by atoms with Crippen LogP contribution in [0.1, 0.15) is 17.7 Å². The summed E-state index contributed by atoms with van der Waals surface area (Å²) in [6.07, 6.45) is 4.49. The number of aryl methyl sites for hydroxylation is 1. The molecule has 3 aromatic rings. The monoisotopic (exact) mass is 488 g/mol. The Kier molecular flexibility index (Phi) is 6.38. The summed E-state index contributed by atoms with van der Waals surface area (Å²) in [5.74, 6) is 0.513. The van der Waals surface area contributed by atoms with Crippen LogP contribution in [0.5, 0.6) is 5.75 Å². The van der Waals surface area contributed by atoms with Gasteiger partial charge in [-0.1, -0.05) is 53.7 Å². The number of thioether (sulfide) groups is 1. The van der Waals surface area contributed by atoms with Crippen molar-refractivity contribution >= 4 is 52.0 Å². The number of hydrogen-bond acceptors (Lipinski definition) is 4. The van der Waals surface area contributed by atoms with Crippen molar-refractivity contribution < 1.29 is 9.53 Å². The molecule has 0 aliphatic carbocycles. The van der Waals surface area contributed by atoms with Gasteiger partial charge in [0.05, 0.1) is 17.9 Å². The normalized spacial score (nSPS) is 16.5. The van der Waals surface area contributed by atoms with Crippen LogP contribution in [0.4, 0.5) is 0 Å². The topological polar surface area (TPSA) is 70.7 Å². The lowest BCUT2D eigenvalue weighted by Gasteiger charge is -2.27. The number of rotatable bonds is 7. The maximum absolute atomic E-state index is 12.8. The molecule has 0 saturated carbocycles. The first-order valence-electron chi connectivity index (χ1n) is 10.8. The fourth-order valence-corrected chi connectivity index (χ4v) is 4.80. The molecule has 5 rings (SSSR count). The van der Waals surface area contributed by atoms with Gasteiger partial charge in [-0.05, 0) is 54.5 Å². The molecule has 0 radical (unpaired) electrons. The molecule has 2 aromatic carbocycles. The van der Waals surface area contributed by atoms with E-state index in [2.05, 4.69) is 4.99 Å². The maximum atomic E-state index is 12.8. The van der Waals surface area contributed by atoms with Crippen molar-refractivity contribution in [3.8, 4) is 5.75 Å². The highest BCUT2D eigenvalue weighted by molar-refractivity contribution is 8.17. The van der Waals surface area contributed by atoms with Gasteiger partial charge in [-0.3, -0.25) is 15.1 Å². The lowest BCUT2D eigenvalue weighted by molar-refractivity contribution is -0.114. The molecule has 2 aliphatic heterocycles. The minimum absolute atomic E-state index is 0.133. The first-order valence-corrected chi connectivity index (χ1v) is 12.1. The van der Waals surface area contributed by atoms with Gasteiger partial charge in [-0.25, -0.2) is 0 Å². The van der Waals surface area contributed by atoms with Gasteiger partial charge in [0, 0.05) is 28.9 Å². The van der Waals surface area contributed by atoms with E-state index >= 15 is 0 Å². The number of nitrogens with one attached hydrogen (secondary N) is 1. The van der Waals surface area contributed by atoms with Crippen molar-refractivity contribution in [1.82, 2.24) is 9.47 Å². The molecule has 8 heteroatoms. The number of carbonyl (C=O) groups is 1. The highest BCUT2D eigenvalue weighted by Crippen LogP contribution is 2.37. The molecule has 0 saturated heterocycles. The Morgan fingerprint density at radius 1 is 1.06 bits per heavy atom. The molecular formula is C26H21ClN4O2S. The van der Waals surface area contributed by atoms with E-state index in [0.717, 1.165) is 29.1 Å². The largest absolute Gasteiger partial charge is 0.494 e. The predicted octanol–water partition coefficient (Wildman–Crippen LogP) is 5.91. The summed E-state index contributed by atoms with van der Waals surface area (Å²) in [6, 6.07) is 21.0. The summed E-state index contributed by atoms with van der Waals surface area (Å²) >= 11 is 7.27. The summed E-state index contributed by atoms with van der Waals surface area (Å²) in [5, 5.41) is 11.9. The molecule has 2 aliphatic rings. The van der Waals surface area contributed by atoms with Crippen LogP contribution in [0.25, 0.3) is 11.8 Å². The standard InChI is InChI=1S/C26H21ClN4O2S/c27-19-9-11-21(12-10-19)33-15-5-14-30-13-4-8-20(30)16-22-24(28)31-23(18-6-2-1-3-7-18)17-34-26(31)29-25(22)32/h1-4,6-13,16-17,28H,5,14-15H2/b22-16-,28-24?. The fourth-order valence-electron chi connectivity index (χ4n) is 3.78. The van der Waals surface area contributed by atoms with Crippen LogP contribution in [0.15, 0.2) is 88.9 Å². The Balaban J connectivity index is 1.30. The molecule has 0 bridgehead atoms. The van der Waals surface area contributed by atoms with Crippen molar-refractivity contribution in [3.63, 3.8) is 0 Å². The molecule has 1 amide bonds. The Morgan fingerprint density at radius 2 is 1.85 bits per heavy atom. The summed E-state index contributed by atoms with van der Waals surface area (Å²) in [7, 11) is 0. The van der Waals surface area contributed by atoms with Gasteiger partial charge < -0.3 is 9.30 Å². The molecule has 0 fully saturated rings. The third-order valence-electron chi connectivity index (χ3n) is 5.47. The van der Waals surface area contributed by atoms with E-state index in [9.17, 15) is 4.79 Å². The van der Waals surface area contributed by atoms with Crippen molar-refractivity contribution in [2.45, 2.75) is 13.0 Å². The van der Waals surface area contributed by atoms with E-state index in [4.69, 9.17) is 21.7 Å². The number of amides is 1. The predicted molar refractivity (Wildman–Crippen MR) is 138 cm³/mol. The van der Waals surface area contributed by atoms with E-state index in [1.54, 1.807) is 23.1 Å². The van der Waals surface area contributed by atoms with E-state index in [0.29, 0.717) is 23.3 Å². The van der Waals surface area contributed by atoms with Gasteiger partial charge in [0.25, 0.3) is 5.91 Å². The number of amidine groups is 2. The molecule has 1 aromatic heterocycles. The number of halogens is 1. The number of ether oxygens (including phenoxy) is 1. The number of aromatic nitrogens is 1. The molecule has 6 nitrogen and oxygen atoms in total. The van der Waals surface area contributed by atoms with Crippen molar-refractivity contribution in [1.29, 1.82) is 5.41 Å². The molecule has 1 N–H and O–H groups in total. The summed E-state index contributed by atoms with van der Waals surface area (Å²) in [4.78, 5) is 18.8. The third-order valence-corrected chi connectivity index (χ3v) is 6.54. The second-order valence-corrected chi connectivity index (χ2v) is 8.98. The average Bonchev–Trinajstić information content (AvgIpc) is 3.48. The molecule has 0 spiro atoms. The van der Waals surface area contributed by atoms with Crippen LogP contribution >= 0.6 is 23.4 Å². The van der Waals surface area contributed by atoms with E-state index in [-0.39, 0.29) is 11.4 Å². The Morgan fingerprint density at radius 3 is 2.65 bits per heavy atom. The van der Waals surface area contributed by atoms with Crippen molar-refractivity contribution in [2.24, 2.45) is 4.99 Å². The van der Waals surface area contributed by atoms with Crippen LogP contribution in [0.2, 0.25) is 5.02 Å². The zero-order valence-corrected chi connectivity index (χ0v) is 19.7. The maximum Gasteiger partial charge on any atom is 0.283 e. The minimum Gasteiger partial charge on any atom is -0.494 e. The number of hydrogen-bond donors (Lipinski definition) is 1. The van der Waals surface area contributed by atoms with Gasteiger partial charge in [0.2, 0.25) is 0 Å². The van der Waals surface area contributed by atoms with Crippen molar-refractivity contribution in [3.05, 3.63) is 100 Å². The zero-order valence-electron chi connectivity index (χ0n) is 18.1. The lowest BCUT2D eigenvalue weighted by atomic mass is 10.1. The first-order chi connectivity index (χ1) is 16.6. The third kappa shape index (κ3) is 4.58. The summed E-state index contributed by atoms with van der Waals surface area (Å²) < 4.78 is 7.82. The lowest BCUT2D eigenvalue weighted by Crippen LogP contribution is -2.38. The quantitative estimate of drug-likeness (QED) is 0.331. The number of benzene rings is 2. The van der Waals surface area contributed by atoms with Crippen LogP contribution in [0.3, 0.4) is 0 Å². The fraction of sp³-hybridized carbons (Fsp3) is 0.115. The summed E-state index contributed by atoms with van der Waals surface area (Å²) in [5.41, 5.74) is 2.94. The number of nitrogens with zero attached hydrogens (tertiary/aromatic N) is 3. The van der Waals surface area contributed by atoms with Crippen LogP contribution < -0.4 is 4.74 Å². The number of fused-ring (bicyclic) bond motifs is 1. The molecule has 170 valence electrons. The van der Waals surface area contributed by atoms with E-state index in [1.165, 1.54) is 11.8 Å². The molecule has 3 heterocycles. The highest BCUT2D eigenvalue weighted by Gasteiger charge is 2.36. The Bertz CT molecular complexity index is 1330. The Labute approximate surface area is 206 Å². The van der Waals surface area contributed by atoms with Gasteiger partial charge in [0.1, 0.15) is 11.6 Å². The van der Waals surface area contributed by atoms with Crippen molar-refractivity contribution in [2.75, 3.05) is 6.61 Å². The SMILES string of the molecule is N=C1/C(=C/c2cccn2CCCOc2ccc(Cl)cc2)C(=O)N=C2SC=C(c3ccccc3)N12. The highest BCUT2D eigenvalue weighted by atomic mass is 35.5. The van der Waals surface area contributed by atoms with E-state index in [1.807, 2.05) is 70.8 Å². The molecule has 34 heavy (non-hydrogen) atoms. The Hall–Kier alpha value is -3.55. The van der Waals surface area contributed by atoms with Crippen LogP contribution in [-0.4, -0.2) is 33.0 Å².